The van der Waals surface area contributed by atoms with Gasteiger partial charge in [0.1, 0.15) is 17.7 Å². The van der Waals surface area contributed by atoms with Crippen LogP contribution in [0.2, 0.25) is 0 Å². The van der Waals surface area contributed by atoms with E-state index in [-0.39, 0.29) is 12.1 Å². The molecule has 0 aliphatic heterocycles. The van der Waals surface area contributed by atoms with Gasteiger partial charge in [0.25, 0.3) is 0 Å². The third-order valence-corrected chi connectivity index (χ3v) is 5.78. The molecule has 0 radical (unpaired) electrons. The number of alkyl halides is 2. The predicted octanol–water partition coefficient (Wildman–Crippen LogP) is 4.06. The zero-order valence-corrected chi connectivity index (χ0v) is 18.0. The van der Waals surface area contributed by atoms with E-state index in [1.807, 2.05) is 6.07 Å². The maximum atomic E-state index is 14.5. The normalized spacial score (nSPS) is 15.3. The first-order valence-corrected chi connectivity index (χ1v) is 10.2. The minimum Gasteiger partial charge on any atom is -0.481 e. The lowest BCUT2D eigenvalue weighted by atomic mass is 9.92. The van der Waals surface area contributed by atoms with Crippen LogP contribution < -0.4 is 10.1 Å². The van der Waals surface area contributed by atoms with E-state index in [9.17, 15) is 19.1 Å². The quantitative estimate of drug-likeness (QED) is 0.572. The van der Waals surface area contributed by atoms with Crippen LogP contribution in [-0.2, 0) is 17.9 Å². The Morgan fingerprint density at radius 1 is 1.25 bits per heavy atom. The van der Waals surface area contributed by atoms with Crippen molar-refractivity contribution in [1.82, 2.24) is 15.0 Å². The topological polar surface area (TPSA) is 104 Å². The van der Waals surface area contributed by atoms with Crippen molar-refractivity contribution in [2.24, 2.45) is 0 Å². The molecule has 0 spiro atoms. The third kappa shape index (κ3) is 3.71. The molecule has 166 valence electrons. The van der Waals surface area contributed by atoms with Gasteiger partial charge >= 0.3 is 5.92 Å². The second-order valence-electron chi connectivity index (χ2n) is 8.52. The largest absolute Gasteiger partial charge is 0.481 e. The van der Waals surface area contributed by atoms with E-state index in [1.165, 1.54) is 31.6 Å². The summed E-state index contributed by atoms with van der Waals surface area (Å²) in [5, 5.41) is 23.2. The fourth-order valence-corrected chi connectivity index (χ4v) is 3.59. The zero-order valence-electron chi connectivity index (χ0n) is 18.0. The van der Waals surface area contributed by atoms with Gasteiger partial charge in [-0.25, -0.2) is 9.97 Å². The molecule has 0 atom stereocenters. The molecule has 0 amide bonds. The van der Waals surface area contributed by atoms with Crippen molar-refractivity contribution < 1.29 is 18.6 Å². The van der Waals surface area contributed by atoms with Crippen LogP contribution in [0.15, 0.2) is 36.7 Å². The summed E-state index contributed by atoms with van der Waals surface area (Å²) in [6.45, 7) is 2.38. The Kier molecular flexibility index (Phi) is 5.21. The van der Waals surface area contributed by atoms with Gasteiger partial charge in [-0.1, -0.05) is 18.2 Å². The monoisotopic (exact) mass is 439 g/mol. The molecule has 3 aromatic rings. The van der Waals surface area contributed by atoms with Gasteiger partial charge in [0.15, 0.2) is 5.65 Å². The molecule has 1 saturated carbocycles. The molecule has 7 nitrogen and oxygen atoms in total. The first-order chi connectivity index (χ1) is 15.1. The lowest BCUT2D eigenvalue weighted by molar-refractivity contribution is -0.168. The lowest BCUT2D eigenvalue weighted by Gasteiger charge is -2.29. The highest BCUT2D eigenvalue weighted by molar-refractivity contribution is 5.88. The van der Waals surface area contributed by atoms with Gasteiger partial charge in [0.2, 0.25) is 5.88 Å². The fourth-order valence-electron chi connectivity index (χ4n) is 3.59. The Bertz CT molecular complexity index is 1210. The van der Waals surface area contributed by atoms with E-state index < -0.39 is 16.9 Å². The molecule has 2 aromatic heterocycles. The van der Waals surface area contributed by atoms with Crippen molar-refractivity contribution in [3.05, 3.63) is 53.3 Å². The number of nitrogens with one attached hydrogen (secondary N) is 1. The van der Waals surface area contributed by atoms with Gasteiger partial charge in [-0.15, -0.1) is 0 Å². The number of benzene rings is 1. The number of hydrogen-bond acceptors (Lipinski definition) is 7. The maximum absolute atomic E-state index is 14.5. The van der Waals surface area contributed by atoms with Gasteiger partial charge in [-0.05, 0) is 44.4 Å². The molecule has 0 saturated heterocycles. The summed E-state index contributed by atoms with van der Waals surface area (Å²) < 4.78 is 34.5. The minimum atomic E-state index is -3.41. The number of nitrogens with zero attached hydrogens (tertiary/aromatic N) is 4. The highest BCUT2D eigenvalue weighted by atomic mass is 19.3. The van der Waals surface area contributed by atoms with E-state index >= 15 is 0 Å². The zero-order chi connectivity index (χ0) is 23.1. The van der Waals surface area contributed by atoms with Crippen molar-refractivity contribution >= 4 is 16.9 Å². The predicted molar refractivity (Wildman–Crippen MR) is 114 cm³/mol. The van der Waals surface area contributed by atoms with Gasteiger partial charge in [-0.2, -0.15) is 19.0 Å². The molecule has 1 aromatic carbocycles. The highest BCUT2D eigenvalue weighted by Gasteiger charge is 2.48. The van der Waals surface area contributed by atoms with E-state index in [1.54, 1.807) is 6.07 Å². The highest BCUT2D eigenvalue weighted by Crippen LogP contribution is 2.51. The number of nitriles is 1. The molecule has 0 bridgehead atoms. The number of pyridine rings is 1. The van der Waals surface area contributed by atoms with Crippen molar-refractivity contribution in [2.75, 3.05) is 12.4 Å². The Morgan fingerprint density at radius 3 is 2.62 bits per heavy atom. The van der Waals surface area contributed by atoms with Crippen LogP contribution in [0, 0.1) is 11.3 Å². The number of aliphatic hydroxyl groups is 1. The summed E-state index contributed by atoms with van der Waals surface area (Å²) in [5.41, 5.74) is -1.39. The van der Waals surface area contributed by atoms with Crippen molar-refractivity contribution in [3.8, 4) is 11.9 Å². The van der Waals surface area contributed by atoms with Crippen molar-refractivity contribution in [2.45, 2.75) is 50.2 Å². The van der Waals surface area contributed by atoms with Crippen LogP contribution in [0.25, 0.3) is 11.0 Å². The Morgan fingerprint density at radius 2 is 2.00 bits per heavy atom. The number of methoxy groups -OCH3 is 1. The first-order valence-electron chi connectivity index (χ1n) is 10.2. The third-order valence-electron chi connectivity index (χ3n) is 5.78. The molecule has 1 fully saturated rings. The number of fused-ring (bicyclic) bond motifs is 1. The van der Waals surface area contributed by atoms with Crippen LogP contribution >= 0.6 is 0 Å². The summed E-state index contributed by atoms with van der Waals surface area (Å²) in [6.07, 6.45) is 2.81. The first kappa shape index (κ1) is 21.8. The Hall–Kier alpha value is -3.38. The molecular weight excluding hydrogens is 416 g/mol. The number of hydrogen-bond donors (Lipinski definition) is 2. The van der Waals surface area contributed by atoms with E-state index in [2.05, 4.69) is 26.3 Å². The second kappa shape index (κ2) is 7.64. The summed E-state index contributed by atoms with van der Waals surface area (Å²) in [4.78, 5) is 12.9. The number of rotatable bonds is 7. The van der Waals surface area contributed by atoms with Crippen LogP contribution in [0.3, 0.4) is 0 Å². The number of anilines is 1. The van der Waals surface area contributed by atoms with Crippen LogP contribution in [0.5, 0.6) is 5.88 Å². The van der Waals surface area contributed by atoms with Crippen LogP contribution in [0.1, 0.15) is 43.4 Å². The molecular formula is C23H23F2N5O2. The van der Waals surface area contributed by atoms with Gasteiger partial charge < -0.3 is 15.2 Å². The van der Waals surface area contributed by atoms with Crippen molar-refractivity contribution in [1.29, 1.82) is 5.26 Å². The fraction of sp³-hybridized carbons (Fsp3) is 0.391. The maximum Gasteiger partial charge on any atom is 0.300 e. The molecule has 2 N–H and O–H groups in total. The smallest absolute Gasteiger partial charge is 0.300 e. The van der Waals surface area contributed by atoms with Gasteiger partial charge in [0, 0.05) is 17.7 Å². The average molecular weight is 439 g/mol. The Labute approximate surface area is 184 Å². The molecule has 0 unspecified atom stereocenters. The second-order valence-corrected chi connectivity index (χ2v) is 8.52. The molecule has 32 heavy (non-hydrogen) atoms. The molecule has 2 heterocycles. The number of ether oxygens (including phenoxy) is 1. The summed E-state index contributed by atoms with van der Waals surface area (Å²) in [6, 6.07) is 10.0. The Balaban J connectivity index is 1.66. The lowest BCUT2D eigenvalue weighted by Crippen LogP contribution is -2.40. The van der Waals surface area contributed by atoms with Crippen LogP contribution in [0.4, 0.5) is 14.6 Å². The summed E-state index contributed by atoms with van der Waals surface area (Å²) in [7, 11) is 1.50. The molecule has 9 heteroatoms. The standard InChI is InChI=1S/C23H23F2N5O2/c1-21(2,31)23(24,25)15-6-4-5-14(9-15)11-27-18-16-10-17(22(12-26)7-8-22)20(32-3)30-19(16)29-13-28-18/h4-6,9-10,13,31H,7-8,11H2,1-3H3,(H,27,28,29,30). The van der Waals surface area contributed by atoms with E-state index in [0.717, 1.165) is 26.7 Å². The van der Waals surface area contributed by atoms with Crippen LogP contribution in [-0.4, -0.2) is 32.8 Å². The molecule has 4 rings (SSSR count). The molecule has 1 aliphatic carbocycles. The SMILES string of the molecule is COc1nc2ncnc(NCc3cccc(C(F)(F)C(C)(C)O)c3)c2cc1C1(C#N)CC1. The van der Waals surface area contributed by atoms with Gasteiger partial charge in [0.05, 0.1) is 24.0 Å². The minimum absolute atomic E-state index is 0.215. The summed E-state index contributed by atoms with van der Waals surface area (Å²) in [5.74, 6) is -2.57. The van der Waals surface area contributed by atoms with E-state index in [4.69, 9.17) is 4.74 Å². The van der Waals surface area contributed by atoms with E-state index in [0.29, 0.717) is 33.9 Å². The molecule has 1 aliphatic rings. The number of halogens is 2. The average Bonchev–Trinajstić information content (AvgIpc) is 3.57. The van der Waals surface area contributed by atoms with Gasteiger partial charge in [-0.3, -0.25) is 0 Å². The summed E-state index contributed by atoms with van der Waals surface area (Å²) >= 11 is 0. The van der Waals surface area contributed by atoms with Crippen molar-refractivity contribution in [3.63, 3.8) is 0 Å². The number of aromatic nitrogens is 3.